The van der Waals surface area contributed by atoms with Crippen LogP contribution >= 0.6 is 0 Å². The van der Waals surface area contributed by atoms with Crippen LogP contribution in [0.25, 0.3) is 0 Å². The van der Waals surface area contributed by atoms with Crippen LogP contribution in [0.15, 0.2) is 18.2 Å². The number of benzene rings is 1. The van der Waals surface area contributed by atoms with E-state index in [1.54, 1.807) is 0 Å². The van der Waals surface area contributed by atoms with Crippen molar-refractivity contribution in [3.8, 4) is 11.5 Å². The predicted molar refractivity (Wildman–Crippen MR) is 82.0 cm³/mol. The summed E-state index contributed by atoms with van der Waals surface area (Å²) in [5.41, 5.74) is 0.984. The molecule has 0 amide bonds. The van der Waals surface area contributed by atoms with Gasteiger partial charge >= 0.3 is 0 Å². The number of ether oxygens (including phenoxy) is 3. The second kappa shape index (κ2) is 8.95. The first-order valence-electron chi connectivity index (χ1n) is 7.70. The van der Waals surface area contributed by atoms with Crippen molar-refractivity contribution in [3.05, 3.63) is 23.8 Å². The highest BCUT2D eigenvalue weighted by Crippen LogP contribution is 2.32. The van der Waals surface area contributed by atoms with Crippen LogP contribution in [0.3, 0.4) is 0 Å². The van der Waals surface area contributed by atoms with Gasteiger partial charge in [-0.25, -0.2) is 0 Å². The maximum atomic E-state index is 10.0. The molecule has 124 valence electrons. The second-order valence-corrected chi connectivity index (χ2v) is 5.38. The van der Waals surface area contributed by atoms with Crippen molar-refractivity contribution < 1.29 is 24.4 Å². The van der Waals surface area contributed by atoms with Gasteiger partial charge in [-0.2, -0.15) is 0 Å². The van der Waals surface area contributed by atoms with Crippen molar-refractivity contribution in [3.63, 3.8) is 0 Å². The molecular formula is C16H25NO5. The smallest absolute Gasteiger partial charge is 0.231 e. The number of aliphatic hydroxyl groups excluding tert-OH is 2. The minimum atomic E-state index is -0.563. The average Bonchev–Trinajstić information content (AvgIpc) is 2.95. The van der Waals surface area contributed by atoms with Crippen LogP contribution in [-0.4, -0.2) is 60.9 Å². The van der Waals surface area contributed by atoms with Gasteiger partial charge in [-0.3, -0.25) is 4.90 Å². The molecule has 1 heterocycles. The van der Waals surface area contributed by atoms with E-state index >= 15 is 0 Å². The van der Waals surface area contributed by atoms with Crippen molar-refractivity contribution in [2.75, 3.05) is 39.6 Å². The molecule has 0 spiro atoms. The third-order valence-electron chi connectivity index (χ3n) is 3.44. The highest BCUT2D eigenvalue weighted by atomic mass is 16.7. The average molecular weight is 311 g/mol. The monoisotopic (exact) mass is 311 g/mol. The van der Waals surface area contributed by atoms with Crippen molar-refractivity contribution >= 4 is 0 Å². The molecular weight excluding hydrogens is 286 g/mol. The molecule has 0 fully saturated rings. The van der Waals surface area contributed by atoms with Gasteiger partial charge in [0.2, 0.25) is 6.79 Å². The molecule has 1 unspecified atom stereocenters. The maximum Gasteiger partial charge on any atom is 0.231 e. The van der Waals surface area contributed by atoms with Crippen molar-refractivity contribution in [1.82, 2.24) is 4.90 Å². The van der Waals surface area contributed by atoms with Crippen molar-refractivity contribution in [2.45, 2.75) is 26.1 Å². The van der Waals surface area contributed by atoms with Crippen LogP contribution < -0.4 is 9.47 Å². The standard InChI is InChI=1S/C16H25NO5/c1-2-5-17(6-7-18)9-14(19)11-20-10-13-3-4-15-16(8-13)22-12-21-15/h3-4,8,14,18-19H,2,5-7,9-12H2,1H3. The predicted octanol–water partition coefficient (Wildman–Crippen LogP) is 0.997. The lowest BCUT2D eigenvalue weighted by Crippen LogP contribution is -2.37. The molecule has 6 heteroatoms. The molecule has 6 nitrogen and oxygen atoms in total. The minimum Gasteiger partial charge on any atom is -0.454 e. The van der Waals surface area contributed by atoms with Gasteiger partial charge in [0, 0.05) is 13.1 Å². The molecule has 0 radical (unpaired) electrons. The van der Waals surface area contributed by atoms with Crippen LogP contribution in [0.5, 0.6) is 11.5 Å². The molecule has 0 saturated heterocycles. The zero-order chi connectivity index (χ0) is 15.8. The lowest BCUT2D eigenvalue weighted by molar-refractivity contribution is 0.00764. The first-order chi connectivity index (χ1) is 10.7. The summed E-state index contributed by atoms with van der Waals surface area (Å²) in [7, 11) is 0. The lowest BCUT2D eigenvalue weighted by Gasteiger charge is -2.23. The van der Waals surface area contributed by atoms with Crippen LogP contribution in [0.4, 0.5) is 0 Å². The molecule has 0 aliphatic carbocycles. The zero-order valence-corrected chi connectivity index (χ0v) is 13.0. The fraction of sp³-hybridized carbons (Fsp3) is 0.625. The molecule has 0 saturated carbocycles. The highest BCUT2D eigenvalue weighted by Gasteiger charge is 2.14. The van der Waals surface area contributed by atoms with E-state index < -0.39 is 6.10 Å². The first kappa shape index (κ1) is 17.0. The number of hydrogen-bond acceptors (Lipinski definition) is 6. The molecule has 1 atom stereocenters. The number of aliphatic hydroxyl groups is 2. The summed E-state index contributed by atoms with van der Waals surface area (Å²) in [5.74, 6) is 1.49. The Morgan fingerprint density at radius 1 is 1.27 bits per heavy atom. The number of fused-ring (bicyclic) bond motifs is 1. The topological polar surface area (TPSA) is 71.4 Å². The molecule has 1 aliphatic heterocycles. The van der Waals surface area contributed by atoms with E-state index in [2.05, 4.69) is 6.92 Å². The summed E-state index contributed by atoms with van der Waals surface area (Å²) in [6, 6.07) is 5.68. The van der Waals surface area contributed by atoms with E-state index in [1.807, 2.05) is 23.1 Å². The van der Waals surface area contributed by atoms with Gasteiger partial charge in [0.15, 0.2) is 11.5 Å². The third kappa shape index (κ3) is 5.14. The second-order valence-electron chi connectivity index (χ2n) is 5.38. The Bertz CT molecular complexity index is 448. The number of rotatable bonds is 10. The van der Waals surface area contributed by atoms with E-state index in [1.165, 1.54) is 0 Å². The molecule has 0 bridgehead atoms. The summed E-state index contributed by atoms with van der Waals surface area (Å²) in [6.07, 6.45) is 0.428. The summed E-state index contributed by atoms with van der Waals surface area (Å²) >= 11 is 0. The molecule has 22 heavy (non-hydrogen) atoms. The lowest BCUT2D eigenvalue weighted by atomic mass is 10.2. The van der Waals surface area contributed by atoms with Crippen LogP contribution in [0.2, 0.25) is 0 Å². The molecule has 2 rings (SSSR count). The van der Waals surface area contributed by atoms with Gasteiger partial charge in [0.05, 0.1) is 25.9 Å². The van der Waals surface area contributed by atoms with Gasteiger partial charge in [-0.1, -0.05) is 13.0 Å². The van der Waals surface area contributed by atoms with E-state index in [0.29, 0.717) is 19.7 Å². The molecule has 0 aromatic heterocycles. The molecule has 2 N–H and O–H groups in total. The van der Waals surface area contributed by atoms with Crippen molar-refractivity contribution in [2.24, 2.45) is 0 Å². The van der Waals surface area contributed by atoms with E-state index in [9.17, 15) is 5.11 Å². The van der Waals surface area contributed by atoms with E-state index in [4.69, 9.17) is 19.3 Å². The largest absolute Gasteiger partial charge is 0.454 e. The SMILES string of the molecule is CCCN(CCO)CC(O)COCc1ccc2c(c1)OCO2. The van der Waals surface area contributed by atoms with E-state index in [-0.39, 0.29) is 20.0 Å². The van der Waals surface area contributed by atoms with Crippen LogP contribution in [0, 0.1) is 0 Å². The summed E-state index contributed by atoms with van der Waals surface area (Å²) in [6.45, 7) is 5.07. The van der Waals surface area contributed by atoms with Gasteiger partial charge in [0.25, 0.3) is 0 Å². The van der Waals surface area contributed by atoms with Gasteiger partial charge in [-0.15, -0.1) is 0 Å². The Morgan fingerprint density at radius 3 is 2.86 bits per heavy atom. The first-order valence-corrected chi connectivity index (χ1v) is 7.70. The normalized spacial score (nSPS) is 14.5. The summed E-state index contributed by atoms with van der Waals surface area (Å²) in [4.78, 5) is 2.04. The van der Waals surface area contributed by atoms with Gasteiger partial charge in [-0.05, 0) is 30.7 Å². The molecule has 1 aromatic carbocycles. The Balaban J connectivity index is 1.71. The molecule has 1 aliphatic rings. The Labute approximate surface area is 131 Å². The molecule has 1 aromatic rings. The van der Waals surface area contributed by atoms with Gasteiger partial charge < -0.3 is 24.4 Å². The number of hydrogen-bond donors (Lipinski definition) is 2. The minimum absolute atomic E-state index is 0.102. The van der Waals surface area contributed by atoms with Crippen LogP contribution in [0.1, 0.15) is 18.9 Å². The van der Waals surface area contributed by atoms with E-state index in [0.717, 1.165) is 30.0 Å². The quantitative estimate of drug-likeness (QED) is 0.672. The van der Waals surface area contributed by atoms with Crippen molar-refractivity contribution in [1.29, 1.82) is 0 Å². The van der Waals surface area contributed by atoms with Gasteiger partial charge in [0.1, 0.15) is 0 Å². The Kier molecular flexibility index (Phi) is 6.92. The Hall–Kier alpha value is -1.34. The maximum absolute atomic E-state index is 10.0. The number of nitrogens with zero attached hydrogens (tertiary/aromatic N) is 1. The summed E-state index contributed by atoms with van der Waals surface area (Å²) in [5, 5.41) is 19.0. The van der Waals surface area contributed by atoms with Crippen LogP contribution in [-0.2, 0) is 11.3 Å². The highest BCUT2D eigenvalue weighted by molar-refractivity contribution is 5.44. The fourth-order valence-corrected chi connectivity index (χ4v) is 2.45. The third-order valence-corrected chi connectivity index (χ3v) is 3.44. The summed E-state index contributed by atoms with van der Waals surface area (Å²) < 4.78 is 16.1. The fourth-order valence-electron chi connectivity index (χ4n) is 2.45. The Morgan fingerprint density at radius 2 is 2.09 bits per heavy atom. The zero-order valence-electron chi connectivity index (χ0n) is 13.0.